The maximum Gasteiger partial charge on any atom is 0.407 e. The Morgan fingerprint density at radius 1 is 1.12 bits per heavy atom. The van der Waals surface area contributed by atoms with Crippen LogP contribution in [0.2, 0.25) is 0 Å². The minimum absolute atomic E-state index is 0.202. The van der Waals surface area contributed by atoms with Crippen LogP contribution in [0.3, 0.4) is 0 Å². The Balaban J connectivity index is 0.000000153. The van der Waals surface area contributed by atoms with E-state index in [0.717, 1.165) is 12.8 Å². The van der Waals surface area contributed by atoms with E-state index in [1.54, 1.807) is 0 Å². The summed E-state index contributed by atoms with van der Waals surface area (Å²) in [6.45, 7) is 1.24. The van der Waals surface area contributed by atoms with Crippen LogP contribution in [0.1, 0.15) is 12.8 Å². The Kier molecular flexibility index (Phi) is 3.98. The first-order chi connectivity index (χ1) is 8.27. The summed E-state index contributed by atoms with van der Waals surface area (Å²) in [5, 5.41) is 8.67. The van der Waals surface area contributed by atoms with Crippen molar-refractivity contribution in [2.45, 2.75) is 25.0 Å². The van der Waals surface area contributed by atoms with Crippen molar-refractivity contribution >= 4 is 6.09 Å². The topological polar surface area (TPSA) is 53.1 Å². The van der Waals surface area contributed by atoms with Crippen molar-refractivity contribution in [1.29, 1.82) is 0 Å². The molecule has 1 N–H and O–H groups in total. The van der Waals surface area contributed by atoms with Gasteiger partial charge in [0.2, 0.25) is 0 Å². The van der Waals surface area contributed by atoms with Crippen LogP contribution in [0.5, 0.6) is 0 Å². The zero-order valence-corrected chi connectivity index (χ0v) is 9.66. The molecule has 92 valence electrons. The molecule has 4 nitrogen and oxygen atoms in total. The lowest BCUT2D eigenvalue weighted by molar-refractivity contribution is 0.138. The molecule has 0 saturated carbocycles. The summed E-state index contributed by atoms with van der Waals surface area (Å²) in [5.74, 6) is 0. The minimum Gasteiger partial charge on any atom is -0.465 e. The molecule has 2 atom stereocenters. The lowest BCUT2D eigenvalue weighted by Crippen LogP contribution is -2.32. The van der Waals surface area contributed by atoms with E-state index >= 15 is 0 Å². The number of carboxylic acid groups (broad SMARTS) is 1. The highest BCUT2D eigenvalue weighted by Crippen LogP contribution is 2.30. The molecule has 2 aliphatic heterocycles. The fourth-order valence-corrected chi connectivity index (χ4v) is 1.94. The summed E-state index contributed by atoms with van der Waals surface area (Å²) in [4.78, 5) is 12.0. The summed E-state index contributed by atoms with van der Waals surface area (Å²) < 4.78 is 5.23. The molecule has 1 aromatic rings. The van der Waals surface area contributed by atoms with Crippen LogP contribution in [0.15, 0.2) is 36.4 Å². The summed E-state index contributed by atoms with van der Waals surface area (Å²) in [6, 6.07) is 12.0. The van der Waals surface area contributed by atoms with Crippen molar-refractivity contribution in [3.8, 4) is 0 Å². The highest BCUT2D eigenvalue weighted by molar-refractivity contribution is 5.65. The second kappa shape index (κ2) is 5.68. The standard InChI is InChI=1S/C7H11NO3.C6H6/c9-7(10)8-3-1-2-5-6(4-8)11-5;1-2-4-6-5-3-1/h5-6H,1-4H2,(H,9,10);1-6H. The molecule has 4 heteroatoms. The molecule has 1 aromatic carbocycles. The van der Waals surface area contributed by atoms with Gasteiger partial charge in [-0.3, -0.25) is 0 Å². The molecule has 2 heterocycles. The van der Waals surface area contributed by atoms with Gasteiger partial charge in [0.05, 0.1) is 12.6 Å². The van der Waals surface area contributed by atoms with Gasteiger partial charge in [-0.2, -0.15) is 0 Å². The summed E-state index contributed by atoms with van der Waals surface area (Å²) >= 11 is 0. The third-order valence-corrected chi connectivity index (χ3v) is 2.94. The Hall–Kier alpha value is -1.55. The number of hydrogen-bond acceptors (Lipinski definition) is 2. The van der Waals surface area contributed by atoms with Gasteiger partial charge in [0.15, 0.2) is 0 Å². The molecule has 1 amide bonds. The Morgan fingerprint density at radius 3 is 2.24 bits per heavy atom. The highest BCUT2D eigenvalue weighted by atomic mass is 16.6. The number of benzene rings is 1. The number of nitrogens with zero attached hydrogens (tertiary/aromatic N) is 1. The SMILES string of the molecule is O=C(O)N1CCCC2OC2C1.c1ccccc1. The third-order valence-electron chi connectivity index (χ3n) is 2.94. The van der Waals surface area contributed by atoms with E-state index in [-0.39, 0.29) is 6.10 Å². The van der Waals surface area contributed by atoms with E-state index in [9.17, 15) is 4.79 Å². The van der Waals surface area contributed by atoms with Crippen LogP contribution in [0.25, 0.3) is 0 Å². The van der Waals surface area contributed by atoms with E-state index in [1.807, 2.05) is 36.4 Å². The number of hydrogen-bond donors (Lipinski definition) is 1. The monoisotopic (exact) mass is 235 g/mol. The molecular weight excluding hydrogens is 218 g/mol. The zero-order valence-electron chi connectivity index (χ0n) is 9.66. The molecule has 0 radical (unpaired) electrons. The molecule has 2 aliphatic rings. The number of likely N-dealkylation sites (tertiary alicyclic amines) is 1. The first-order valence-electron chi connectivity index (χ1n) is 5.91. The number of carbonyl (C=O) groups is 1. The maximum atomic E-state index is 10.5. The van der Waals surface area contributed by atoms with Crippen molar-refractivity contribution in [2.24, 2.45) is 0 Å². The number of fused-ring (bicyclic) bond motifs is 1. The average Bonchev–Trinajstić information content (AvgIpc) is 3.08. The van der Waals surface area contributed by atoms with Gasteiger partial charge in [0.25, 0.3) is 0 Å². The summed E-state index contributed by atoms with van der Waals surface area (Å²) in [5.41, 5.74) is 0. The van der Waals surface area contributed by atoms with E-state index in [4.69, 9.17) is 9.84 Å². The van der Waals surface area contributed by atoms with Gasteiger partial charge in [0.1, 0.15) is 6.10 Å². The molecule has 0 aromatic heterocycles. The maximum absolute atomic E-state index is 10.5. The Morgan fingerprint density at radius 2 is 1.71 bits per heavy atom. The van der Waals surface area contributed by atoms with Crippen LogP contribution in [0.4, 0.5) is 4.79 Å². The molecule has 2 unspecified atom stereocenters. The van der Waals surface area contributed by atoms with Crippen LogP contribution < -0.4 is 0 Å². The van der Waals surface area contributed by atoms with E-state index in [0.29, 0.717) is 19.2 Å². The van der Waals surface area contributed by atoms with Gasteiger partial charge >= 0.3 is 6.09 Å². The molecule has 0 aliphatic carbocycles. The highest BCUT2D eigenvalue weighted by Gasteiger charge is 2.42. The van der Waals surface area contributed by atoms with Gasteiger partial charge < -0.3 is 14.7 Å². The van der Waals surface area contributed by atoms with Crippen molar-refractivity contribution < 1.29 is 14.6 Å². The fraction of sp³-hybridized carbons (Fsp3) is 0.462. The number of amides is 1. The molecule has 2 fully saturated rings. The summed E-state index contributed by atoms with van der Waals surface area (Å²) in [7, 11) is 0. The lowest BCUT2D eigenvalue weighted by atomic mass is 10.2. The quantitative estimate of drug-likeness (QED) is 0.701. The van der Waals surface area contributed by atoms with E-state index < -0.39 is 6.09 Å². The van der Waals surface area contributed by atoms with Crippen LogP contribution >= 0.6 is 0 Å². The van der Waals surface area contributed by atoms with Crippen molar-refractivity contribution in [2.75, 3.05) is 13.1 Å². The number of rotatable bonds is 0. The smallest absolute Gasteiger partial charge is 0.407 e. The molecular formula is C13H17NO3. The van der Waals surface area contributed by atoms with Crippen molar-refractivity contribution in [3.63, 3.8) is 0 Å². The molecule has 2 saturated heterocycles. The largest absolute Gasteiger partial charge is 0.465 e. The van der Waals surface area contributed by atoms with Crippen LogP contribution in [0, 0.1) is 0 Å². The zero-order chi connectivity index (χ0) is 12.1. The summed E-state index contributed by atoms with van der Waals surface area (Å²) in [6.07, 6.45) is 1.70. The van der Waals surface area contributed by atoms with Gasteiger partial charge in [-0.05, 0) is 12.8 Å². The van der Waals surface area contributed by atoms with Crippen LogP contribution in [-0.2, 0) is 4.74 Å². The average molecular weight is 235 g/mol. The Labute approximate surface area is 101 Å². The van der Waals surface area contributed by atoms with E-state index in [2.05, 4.69) is 0 Å². The normalized spacial score (nSPS) is 26.0. The molecule has 0 spiro atoms. The van der Waals surface area contributed by atoms with Crippen molar-refractivity contribution in [3.05, 3.63) is 36.4 Å². The molecule has 17 heavy (non-hydrogen) atoms. The fourth-order valence-electron chi connectivity index (χ4n) is 1.94. The second-order valence-electron chi connectivity index (χ2n) is 4.24. The Bertz CT molecular complexity index is 328. The lowest BCUT2D eigenvalue weighted by Gasteiger charge is -2.15. The van der Waals surface area contributed by atoms with Gasteiger partial charge in [-0.1, -0.05) is 36.4 Å². The third kappa shape index (κ3) is 3.75. The predicted octanol–water partition coefficient (Wildman–Crippen LogP) is 2.21. The van der Waals surface area contributed by atoms with Gasteiger partial charge in [-0.25, -0.2) is 4.79 Å². The minimum atomic E-state index is -0.818. The van der Waals surface area contributed by atoms with Gasteiger partial charge in [-0.15, -0.1) is 0 Å². The van der Waals surface area contributed by atoms with E-state index in [1.165, 1.54) is 4.90 Å². The first kappa shape index (κ1) is 11.9. The molecule has 0 bridgehead atoms. The van der Waals surface area contributed by atoms with Crippen LogP contribution in [-0.4, -0.2) is 41.4 Å². The number of epoxide rings is 1. The predicted molar refractivity (Wildman–Crippen MR) is 63.9 cm³/mol. The molecule has 3 rings (SSSR count). The van der Waals surface area contributed by atoms with Crippen molar-refractivity contribution in [1.82, 2.24) is 4.90 Å². The van der Waals surface area contributed by atoms with Gasteiger partial charge in [0, 0.05) is 6.54 Å². The first-order valence-corrected chi connectivity index (χ1v) is 5.91. The second-order valence-corrected chi connectivity index (χ2v) is 4.24. The number of ether oxygens (including phenoxy) is 1.